The fraction of sp³-hybridized carbons (Fsp3) is 0.200. The smallest absolute Gasteiger partial charge is 0.267 e. The lowest BCUT2D eigenvalue weighted by Crippen LogP contribution is -2.31. The van der Waals surface area contributed by atoms with Crippen LogP contribution in [-0.2, 0) is 11.3 Å². The van der Waals surface area contributed by atoms with Gasteiger partial charge in [0.15, 0.2) is 11.6 Å². The van der Waals surface area contributed by atoms with Crippen LogP contribution in [0.1, 0.15) is 25.5 Å². The third-order valence-electron chi connectivity index (χ3n) is 4.11. The number of pyridine rings is 1. The number of rotatable bonds is 5. The van der Waals surface area contributed by atoms with Gasteiger partial charge in [-0.15, -0.1) is 0 Å². The second-order valence-electron chi connectivity index (χ2n) is 6.78. The molecule has 10 heteroatoms. The van der Waals surface area contributed by atoms with Gasteiger partial charge in [-0.2, -0.15) is 5.10 Å². The maximum absolute atomic E-state index is 13.6. The van der Waals surface area contributed by atoms with Gasteiger partial charge in [-0.25, -0.2) is 27.2 Å². The quantitative estimate of drug-likeness (QED) is 0.640. The zero-order valence-corrected chi connectivity index (χ0v) is 15.9. The molecule has 1 aromatic carbocycles. The van der Waals surface area contributed by atoms with E-state index in [0.717, 1.165) is 29.1 Å². The van der Waals surface area contributed by atoms with Crippen LogP contribution >= 0.6 is 0 Å². The summed E-state index contributed by atoms with van der Waals surface area (Å²) in [7, 11) is 0. The SMILES string of the molecule is CC(C)c1nn(CC(=O)Nc2ncc(F)cc2F)c(=O)cc1-c1cc(F)cc(F)c1. The topological polar surface area (TPSA) is 76.9 Å². The standard InChI is InChI=1S/C20H16F4N4O2/c1-10(2)19-15(11-3-12(21)5-13(22)4-11)7-18(30)28(27-19)9-17(29)26-20-16(24)6-14(23)8-25-20/h3-8,10H,9H2,1-2H3,(H,25,26,29). The fourth-order valence-electron chi connectivity index (χ4n) is 2.80. The van der Waals surface area contributed by atoms with Gasteiger partial charge in [-0.3, -0.25) is 9.59 Å². The summed E-state index contributed by atoms with van der Waals surface area (Å²) in [5.74, 6) is -5.16. The number of anilines is 1. The molecular formula is C20H16F4N4O2. The molecule has 156 valence electrons. The van der Waals surface area contributed by atoms with Crippen LogP contribution in [0.5, 0.6) is 0 Å². The molecule has 6 nitrogen and oxygen atoms in total. The predicted octanol–water partition coefficient (Wildman–Crippen LogP) is 3.62. The Labute approximate surface area is 168 Å². The lowest BCUT2D eigenvalue weighted by atomic mass is 9.98. The van der Waals surface area contributed by atoms with Crippen LogP contribution in [0.2, 0.25) is 0 Å². The van der Waals surface area contributed by atoms with Gasteiger partial charge in [-0.1, -0.05) is 13.8 Å². The minimum atomic E-state index is -1.07. The van der Waals surface area contributed by atoms with E-state index in [2.05, 4.69) is 15.4 Å². The summed E-state index contributed by atoms with van der Waals surface area (Å²) in [6, 6.07) is 4.54. The summed E-state index contributed by atoms with van der Waals surface area (Å²) in [6.45, 7) is 2.94. The maximum Gasteiger partial charge on any atom is 0.267 e. The number of halogens is 4. The highest BCUT2D eigenvalue weighted by Gasteiger charge is 2.17. The number of hydrogen-bond donors (Lipinski definition) is 1. The minimum absolute atomic E-state index is 0.134. The van der Waals surface area contributed by atoms with E-state index < -0.39 is 47.1 Å². The molecule has 30 heavy (non-hydrogen) atoms. The lowest BCUT2D eigenvalue weighted by Gasteiger charge is -2.15. The molecule has 3 aromatic rings. The van der Waals surface area contributed by atoms with Crippen LogP contribution in [0.4, 0.5) is 23.4 Å². The summed E-state index contributed by atoms with van der Waals surface area (Å²) in [6.07, 6.45) is 0.729. The van der Waals surface area contributed by atoms with Crippen molar-refractivity contribution in [1.82, 2.24) is 14.8 Å². The molecule has 0 saturated heterocycles. The Kier molecular flexibility index (Phi) is 5.95. The van der Waals surface area contributed by atoms with Gasteiger partial charge in [0, 0.05) is 23.8 Å². The number of amides is 1. The summed E-state index contributed by atoms with van der Waals surface area (Å²) in [5, 5.41) is 6.28. The second-order valence-corrected chi connectivity index (χ2v) is 6.78. The summed E-state index contributed by atoms with van der Waals surface area (Å²) >= 11 is 0. The van der Waals surface area contributed by atoms with Crippen molar-refractivity contribution < 1.29 is 22.4 Å². The molecule has 2 heterocycles. The number of nitrogens with zero attached hydrogens (tertiary/aromatic N) is 3. The highest BCUT2D eigenvalue weighted by Crippen LogP contribution is 2.27. The molecule has 0 fully saturated rings. The van der Waals surface area contributed by atoms with Gasteiger partial charge >= 0.3 is 0 Å². The average Bonchev–Trinajstić information content (AvgIpc) is 2.64. The van der Waals surface area contributed by atoms with Crippen LogP contribution in [0.15, 0.2) is 41.3 Å². The van der Waals surface area contributed by atoms with E-state index in [1.54, 1.807) is 13.8 Å². The van der Waals surface area contributed by atoms with Gasteiger partial charge < -0.3 is 5.32 Å². The van der Waals surface area contributed by atoms with Crippen LogP contribution in [0.25, 0.3) is 11.1 Å². The Balaban J connectivity index is 1.93. The molecule has 0 aliphatic rings. The van der Waals surface area contributed by atoms with Crippen molar-refractivity contribution in [2.24, 2.45) is 0 Å². The molecule has 0 aliphatic carbocycles. The van der Waals surface area contributed by atoms with E-state index in [4.69, 9.17) is 0 Å². The monoisotopic (exact) mass is 420 g/mol. The highest BCUT2D eigenvalue weighted by atomic mass is 19.1. The number of aromatic nitrogens is 3. The Hall–Kier alpha value is -3.56. The first-order valence-corrected chi connectivity index (χ1v) is 8.83. The van der Waals surface area contributed by atoms with Crippen molar-refractivity contribution in [2.45, 2.75) is 26.3 Å². The molecule has 0 spiro atoms. The molecule has 0 atom stereocenters. The first-order chi connectivity index (χ1) is 14.1. The molecule has 0 saturated carbocycles. The first kappa shape index (κ1) is 21.2. The van der Waals surface area contributed by atoms with Crippen molar-refractivity contribution in [3.05, 3.63) is 75.8 Å². The van der Waals surface area contributed by atoms with Crippen LogP contribution in [-0.4, -0.2) is 20.7 Å². The Morgan fingerprint density at radius 3 is 2.30 bits per heavy atom. The van der Waals surface area contributed by atoms with E-state index in [-0.39, 0.29) is 17.0 Å². The maximum atomic E-state index is 13.6. The van der Waals surface area contributed by atoms with Gasteiger partial charge in [0.25, 0.3) is 5.56 Å². The zero-order chi connectivity index (χ0) is 22.0. The van der Waals surface area contributed by atoms with Gasteiger partial charge in [-0.05, 0) is 23.6 Å². The Morgan fingerprint density at radius 2 is 1.70 bits per heavy atom. The van der Waals surface area contributed by atoms with Crippen LogP contribution in [0.3, 0.4) is 0 Å². The third-order valence-corrected chi connectivity index (χ3v) is 4.11. The van der Waals surface area contributed by atoms with E-state index in [1.165, 1.54) is 0 Å². The van der Waals surface area contributed by atoms with Crippen LogP contribution < -0.4 is 10.9 Å². The largest absolute Gasteiger partial charge is 0.307 e. The zero-order valence-electron chi connectivity index (χ0n) is 15.9. The molecule has 1 amide bonds. The van der Waals surface area contributed by atoms with E-state index in [9.17, 15) is 27.2 Å². The summed E-state index contributed by atoms with van der Waals surface area (Å²) in [4.78, 5) is 28.1. The number of nitrogens with one attached hydrogen (secondary N) is 1. The highest BCUT2D eigenvalue weighted by molar-refractivity contribution is 5.89. The normalized spacial score (nSPS) is 11.0. The van der Waals surface area contributed by atoms with E-state index in [0.29, 0.717) is 17.8 Å². The molecule has 0 bridgehead atoms. The first-order valence-electron chi connectivity index (χ1n) is 8.83. The van der Waals surface area contributed by atoms with E-state index in [1.807, 2.05) is 0 Å². The predicted molar refractivity (Wildman–Crippen MR) is 101 cm³/mol. The van der Waals surface area contributed by atoms with Gasteiger partial charge in [0.05, 0.1) is 11.9 Å². The Morgan fingerprint density at radius 1 is 1.03 bits per heavy atom. The van der Waals surface area contributed by atoms with Crippen LogP contribution in [0, 0.1) is 23.3 Å². The molecule has 1 N–H and O–H groups in total. The minimum Gasteiger partial charge on any atom is -0.307 e. The summed E-state index contributed by atoms with van der Waals surface area (Å²) in [5.41, 5.74) is -0.00784. The number of carbonyl (C=O) groups is 1. The van der Waals surface area contributed by atoms with Gasteiger partial charge in [0.1, 0.15) is 24.0 Å². The Bertz CT molecular complexity index is 1160. The number of benzene rings is 1. The molecule has 0 unspecified atom stereocenters. The van der Waals surface area contributed by atoms with E-state index >= 15 is 0 Å². The van der Waals surface area contributed by atoms with Crippen molar-refractivity contribution in [2.75, 3.05) is 5.32 Å². The van der Waals surface area contributed by atoms with Crippen molar-refractivity contribution in [3.8, 4) is 11.1 Å². The molecule has 2 aromatic heterocycles. The second kappa shape index (κ2) is 8.44. The molecule has 0 aliphatic heterocycles. The third kappa shape index (κ3) is 4.70. The van der Waals surface area contributed by atoms with Crippen molar-refractivity contribution >= 4 is 11.7 Å². The average molecular weight is 420 g/mol. The molecule has 3 rings (SSSR count). The van der Waals surface area contributed by atoms with Crippen molar-refractivity contribution in [1.29, 1.82) is 0 Å². The molecular weight excluding hydrogens is 404 g/mol. The summed E-state index contributed by atoms with van der Waals surface area (Å²) < 4.78 is 54.6. The number of carbonyl (C=O) groups excluding carboxylic acids is 1. The van der Waals surface area contributed by atoms with Gasteiger partial charge in [0.2, 0.25) is 5.91 Å². The fourth-order valence-corrected chi connectivity index (χ4v) is 2.80. The number of hydrogen-bond acceptors (Lipinski definition) is 4. The molecule has 0 radical (unpaired) electrons. The lowest BCUT2D eigenvalue weighted by molar-refractivity contribution is -0.117. The van der Waals surface area contributed by atoms with Crippen molar-refractivity contribution in [3.63, 3.8) is 0 Å².